The summed E-state index contributed by atoms with van der Waals surface area (Å²) in [5.41, 5.74) is 5.53. The zero-order valence-electron chi connectivity index (χ0n) is 16.6. The fourth-order valence-electron chi connectivity index (χ4n) is 3.89. The van der Waals surface area contributed by atoms with E-state index in [0.717, 1.165) is 27.9 Å². The number of imidazole rings is 1. The van der Waals surface area contributed by atoms with E-state index < -0.39 is 0 Å². The Labute approximate surface area is 172 Å². The van der Waals surface area contributed by atoms with E-state index in [2.05, 4.69) is 31.3 Å². The molecule has 0 radical (unpaired) electrons. The Bertz CT molecular complexity index is 1420. The number of aromatic nitrogens is 5. The molecular formula is C23H20N6O. The van der Waals surface area contributed by atoms with Crippen LogP contribution in [0.3, 0.4) is 0 Å². The monoisotopic (exact) mass is 396 g/mol. The average Bonchev–Trinajstić information content (AvgIpc) is 3.24. The Morgan fingerprint density at radius 3 is 2.70 bits per heavy atom. The lowest BCUT2D eigenvalue weighted by atomic mass is 9.96. The van der Waals surface area contributed by atoms with Gasteiger partial charge >= 0.3 is 0 Å². The van der Waals surface area contributed by atoms with Crippen molar-refractivity contribution >= 4 is 22.5 Å². The van der Waals surface area contributed by atoms with Crippen molar-refractivity contribution < 1.29 is 0 Å². The molecule has 2 N–H and O–H groups in total. The molecule has 5 rings (SSSR count). The molecule has 7 heteroatoms. The van der Waals surface area contributed by atoms with Crippen LogP contribution < -0.4 is 10.9 Å². The van der Waals surface area contributed by atoms with E-state index in [9.17, 15) is 4.79 Å². The fourth-order valence-corrected chi connectivity index (χ4v) is 3.89. The molecule has 0 aliphatic heterocycles. The van der Waals surface area contributed by atoms with Crippen LogP contribution in [0.5, 0.6) is 0 Å². The van der Waals surface area contributed by atoms with E-state index in [1.807, 2.05) is 62.4 Å². The molecule has 0 spiro atoms. The second kappa shape index (κ2) is 7.11. The van der Waals surface area contributed by atoms with Gasteiger partial charge < -0.3 is 10.3 Å². The lowest BCUT2D eigenvalue weighted by Crippen LogP contribution is -2.22. The smallest absolute Gasteiger partial charge is 0.263 e. The fraction of sp³-hybridized carbons (Fsp3) is 0.130. The van der Waals surface area contributed by atoms with Gasteiger partial charge in [-0.15, -0.1) is 0 Å². The molecule has 7 nitrogen and oxygen atoms in total. The van der Waals surface area contributed by atoms with Crippen LogP contribution >= 0.6 is 0 Å². The van der Waals surface area contributed by atoms with Crippen molar-refractivity contribution in [1.82, 2.24) is 24.3 Å². The maximum absolute atomic E-state index is 13.6. The molecule has 148 valence electrons. The summed E-state index contributed by atoms with van der Waals surface area (Å²) in [6.07, 6.45) is 3.07. The molecule has 0 fully saturated rings. The first-order chi connectivity index (χ1) is 14.6. The summed E-state index contributed by atoms with van der Waals surface area (Å²) >= 11 is 0. The van der Waals surface area contributed by atoms with Gasteiger partial charge in [-0.25, -0.2) is 15.0 Å². The number of nitrogens with one attached hydrogen (secondary N) is 2. The predicted molar refractivity (Wildman–Crippen MR) is 118 cm³/mol. The molecule has 0 amide bonds. The molecule has 0 saturated heterocycles. The van der Waals surface area contributed by atoms with Crippen molar-refractivity contribution in [3.63, 3.8) is 0 Å². The standard InChI is InChI=1S/C23H20N6O/c1-14-7-6-10-17-11-18(19(23(30)29(14)17)16-8-4-3-5-9-16)15(2)28-22-20-21(25-12-24-20)26-13-27-22/h3-13,15H,1-2H3,(H2,24,25,26,27,28)/t15-/m1/s1. The lowest BCUT2D eigenvalue weighted by Gasteiger charge is -2.20. The molecule has 0 aliphatic rings. The zero-order chi connectivity index (χ0) is 20.7. The third kappa shape index (κ3) is 2.91. The topological polar surface area (TPSA) is 88.0 Å². The van der Waals surface area contributed by atoms with Crippen molar-refractivity contribution in [3.8, 4) is 11.1 Å². The number of pyridine rings is 2. The molecule has 0 unspecified atom stereocenters. The third-order valence-corrected chi connectivity index (χ3v) is 5.33. The summed E-state index contributed by atoms with van der Waals surface area (Å²) in [7, 11) is 0. The number of benzene rings is 1. The Morgan fingerprint density at radius 2 is 1.87 bits per heavy atom. The SMILES string of the molecule is Cc1cccc2cc([C@@H](C)Nc3ncnc4nc[nH]c34)c(-c3ccccc3)c(=O)n12. The first kappa shape index (κ1) is 18.1. The van der Waals surface area contributed by atoms with E-state index in [0.29, 0.717) is 17.0 Å². The van der Waals surface area contributed by atoms with Crippen molar-refractivity contribution in [2.24, 2.45) is 0 Å². The molecule has 1 atom stereocenters. The van der Waals surface area contributed by atoms with E-state index in [1.54, 1.807) is 10.7 Å². The lowest BCUT2D eigenvalue weighted by molar-refractivity contribution is 0.867. The number of nitrogens with zero attached hydrogens (tertiary/aromatic N) is 4. The Kier molecular flexibility index (Phi) is 4.28. The van der Waals surface area contributed by atoms with Crippen LogP contribution in [0.1, 0.15) is 24.2 Å². The molecule has 4 aromatic heterocycles. The van der Waals surface area contributed by atoms with Crippen molar-refractivity contribution in [1.29, 1.82) is 0 Å². The van der Waals surface area contributed by atoms with Crippen LogP contribution in [-0.2, 0) is 0 Å². The predicted octanol–water partition coefficient (Wildman–Crippen LogP) is 4.11. The maximum atomic E-state index is 13.6. The number of anilines is 1. The molecule has 0 bridgehead atoms. The molecule has 30 heavy (non-hydrogen) atoms. The van der Waals surface area contributed by atoms with Crippen LogP contribution in [0.4, 0.5) is 5.82 Å². The quantitative estimate of drug-likeness (QED) is 0.477. The van der Waals surface area contributed by atoms with Gasteiger partial charge in [0, 0.05) is 11.2 Å². The summed E-state index contributed by atoms with van der Waals surface area (Å²) in [6.45, 7) is 3.97. The number of rotatable bonds is 4. The largest absolute Gasteiger partial charge is 0.362 e. The van der Waals surface area contributed by atoms with Crippen LogP contribution in [0, 0.1) is 6.92 Å². The van der Waals surface area contributed by atoms with Gasteiger partial charge in [0.15, 0.2) is 11.5 Å². The molecule has 4 heterocycles. The van der Waals surface area contributed by atoms with Crippen LogP contribution in [0.25, 0.3) is 27.8 Å². The van der Waals surface area contributed by atoms with Gasteiger partial charge in [0.1, 0.15) is 11.8 Å². The van der Waals surface area contributed by atoms with Gasteiger partial charge in [0.2, 0.25) is 0 Å². The van der Waals surface area contributed by atoms with Gasteiger partial charge in [-0.1, -0.05) is 36.4 Å². The number of aryl methyl sites for hydroxylation is 1. The highest BCUT2D eigenvalue weighted by Gasteiger charge is 2.19. The summed E-state index contributed by atoms with van der Waals surface area (Å²) in [4.78, 5) is 29.4. The Morgan fingerprint density at radius 1 is 1.03 bits per heavy atom. The molecule has 1 aromatic carbocycles. The van der Waals surface area contributed by atoms with E-state index in [1.165, 1.54) is 6.33 Å². The summed E-state index contributed by atoms with van der Waals surface area (Å²) in [5, 5.41) is 3.43. The minimum atomic E-state index is -0.181. The number of hydrogen-bond acceptors (Lipinski definition) is 5. The molecule has 0 saturated carbocycles. The van der Waals surface area contributed by atoms with Crippen molar-refractivity contribution in [2.45, 2.75) is 19.9 Å². The number of hydrogen-bond donors (Lipinski definition) is 2. The molecule has 0 aliphatic carbocycles. The second-order valence-electron chi connectivity index (χ2n) is 7.26. The first-order valence-corrected chi connectivity index (χ1v) is 9.75. The number of aromatic amines is 1. The van der Waals surface area contributed by atoms with Gasteiger partial charge in [-0.2, -0.15) is 0 Å². The Hall–Kier alpha value is -4.00. The highest BCUT2D eigenvalue weighted by Crippen LogP contribution is 2.30. The van der Waals surface area contributed by atoms with Crippen LogP contribution in [0.2, 0.25) is 0 Å². The summed E-state index contributed by atoms with van der Waals surface area (Å²) < 4.78 is 1.76. The highest BCUT2D eigenvalue weighted by molar-refractivity contribution is 5.82. The first-order valence-electron chi connectivity index (χ1n) is 9.75. The van der Waals surface area contributed by atoms with Crippen molar-refractivity contribution in [3.05, 3.63) is 88.9 Å². The van der Waals surface area contributed by atoms with E-state index in [4.69, 9.17) is 0 Å². The van der Waals surface area contributed by atoms with Crippen molar-refractivity contribution in [2.75, 3.05) is 5.32 Å². The van der Waals surface area contributed by atoms with Gasteiger partial charge in [0.25, 0.3) is 5.56 Å². The zero-order valence-corrected chi connectivity index (χ0v) is 16.6. The van der Waals surface area contributed by atoms with E-state index >= 15 is 0 Å². The Balaban J connectivity index is 1.71. The third-order valence-electron chi connectivity index (χ3n) is 5.33. The number of H-pyrrole nitrogens is 1. The van der Waals surface area contributed by atoms with Crippen LogP contribution in [-0.4, -0.2) is 24.3 Å². The molecule has 5 aromatic rings. The van der Waals surface area contributed by atoms with Gasteiger partial charge in [-0.3, -0.25) is 9.20 Å². The maximum Gasteiger partial charge on any atom is 0.263 e. The summed E-state index contributed by atoms with van der Waals surface area (Å²) in [6, 6.07) is 17.5. The minimum absolute atomic E-state index is 0.0326. The number of fused-ring (bicyclic) bond motifs is 2. The summed E-state index contributed by atoms with van der Waals surface area (Å²) in [5.74, 6) is 0.647. The van der Waals surface area contributed by atoms with Gasteiger partial charge in [-0.05, 0) is 43.2 Å². The van der Waals surface area contributed by atoms with E-state index in [-0.39, 0.29) is 11.6 Å². The molecular weight excluding hydrogens is 376 g/mol. The normalized spacial score (nSPS) is 12.3. The van der Waals surface area contributed by atoms with Gasteiger partial charge in [0.05, 0.1) is 17.9 Å². The van der Waals surface area contributed by atoms with Crippen LogP contribution in [0.15, 0.2) is 72.0 Å². The minimum Gasteiger partial charge on any atom is -0.362 e. The highest BCUT2D eigenvalue weighted by atomic mass is 16.1. The average molecular weight is 396 g/mol. The second-order valence-corrected chi connectivity index (χ2v) is 7.26.